The van der Waals surface area contributed by atoms with E-state index in [0.717, 1.165) is 11.4 Å². The number of piperazine rings is 1. The second-order valence-corrected chi connectivity index (χ2v) is 7.57. The fourth-order valence-electron chi connectivity index (χ4n) is 3.97. The first-order chi connectivity index (χ1) is 13.9. The molecular weight excluding hydrogens is 385 g/mol. The lowest BCUT2D eigenvalue weighted by Gasteiger charge is -2.36. The van der Waals surface area contributed by atoms with Gasteiger partial charge in [-0.15, -0.1) is 0 Å². The molecule has 0 spiro atoms. The van der Waals surface area contributed by atoms with Crippen LogP contribution in [0.1, 0.15) is 13.3 Å². The SMILES string of the molecule is CCOc1ccccc1N1CCN(C(=O)NCC2CCN(CC(F)(F)F)C2)CC1. The van der Waals surface area contributed by atoms with Gasteiger partial charge in [-0.3, -0.25) is 4.90 Å². The van der Waals surface area contributed by atoms with Crippen LogP contribution < -0.4 is 15.0 Å². The third kappa shape index (κ3) is 6.16. The van der Waals surface area contributed by atoms with Crippen molar-refractivity contribution in [1.29, 1.82) is 0 Å². The number of carbonyl (C=O) groups excluding carboxylic acids is 1. The van der Waals surface area contributed by atoms with Crippen LogP contribution in [0.25, 0.3) is 0 Å². The summed E-state index contributed by atoms with van der Waals surface area (Å²) in [6, 6.07) is 7.74. The Morgan fingerprint density at radius 2 is 1.90 bits per heavy atom. The van der Waals surface area contributed by atoms with Crippen LogP contribution in [-0.4, -0.2) is 81.0 Å². The molecule has 1 unspecified atom stereocenters. The van der Waals surface area contributed by atoms with Crippen molar-refractivity contribution < 1.29 is 22.7 Å². The molecule has 162 valence electrons. The van der Waals surface area contributed by atoms with E-state index in [0.29, 0.717) is 58.8 Å². The van der Waals surface area contributed by atoms with Crippen LogP contribution in [0.3, 0.4) is 0 Å². The molecule has 3 rings (SSSR count). The van der Waals surface area contributed by atoms with Crippen LogP contribution in [0.15, 0.2) is 24.3 Å². The molecule has 0 saturated carbocycles. The van der Waals surface area contributed by atoms with Crippen molar-refractivity contribution >= 4 is 11.7 Å². The zero-order chi connectivity index (χ0) is 20.9. The normalized spacial score (nSPS) is 20.8. The van der Waals surface area contributed by atoms with Gasteiger partial charge >= 0.3 is 12.2 Å². The molecule has 2 amide bonds. The van der Waals surface area contributed by atoms with Crippen molar-refractivity contribution in [3.05, 3.63) is 24.3 Å². The van der Waals surface area contributed by atoms with Gasteiger partial charge in [-0.2, -0.15) is 13.2 Å². The third-order valence-electron chi connectivity index (χ3n) is 5.39. The van der Waals surface area contributed by atoms with Gasteiger partial charge in [0.05, 0.1) is 18.8 Å². The average Bonchev–Trinajstić information content (AvgIpc) is 3.12. The van der Waals surface area contributed by atoms with E-state index in [1.165, 1.54) is 4.90 Å². The highest BCUT2D eigenvalue weighted by Gasteiger charge is 2.34. The number of para-hydroxylation sites is 2. The summed E-state index contributed by atoms with van der Waals surface area (Å²) in [5.41, 5.74) is 1.03. The minimum atomic E-state index is -4.17. The molecule has 2 aliphatic rings. The van der Waals surface area contributed by atoms with Crippen molar-refractivity contribution in [2.24, 2.45) is 5.92 Å². The Morgan fingerprint density at radius 3 is 2.59 bits per heavy atom. The second-order valence-electron chi connectivity index (χ2n) is 7.57. The molecule has 1 atom stereocenters. The fraction of sp³-hybridized carbons (Fsp3) is 0.650. The summed E-state index contributed by atoms with van der Waals surface area (Å²) in [4.78, 5) is 17.8. The zero-order valence-electron chi connectivity index (χ0n) is 16.7. The number of halogens is 3. The number of likely N-dealkylation sites (tertiary alicyclic amines) is 1. The summed E-state index contributed by atoms with van der Waals surface area (Å²) in [6.45, 7) is 5.50. The predicted octanol–water partition coefficient (Wildman–Crippen LogP) is 2.80. The van der Waals surface area contributed by atoms with Crippen LogP contribution in [0.5, 0.6) is 5.75 Å². The van der Waals surface area contributed by atoms with Crippen LogP contribution in [-0.2, 0) is 0 Å². The first-order valence-electron chi connectivity index (χ1n) is 10.1. The van der Waals surface area contributed by atoms with E-state index in [9.17, 15) is 18.0 Å². The number of hydrogen-bond acceptors (Lipinski definition) is 4. The number of ether oxygens (including phenoxy) is 1. The molecular formula is C20H29F3N4O2. The van der Waals surface area contributed by atoms with Crippen molar-refractivity contribution in [2.75, 3.05) is 63.9 Å². The summed E-state index contributed by atoms with van der Waals surface area (Å²) >= 11 is 0. The molecule has 0 aliphatic carbocycles. The van der Waals surface area contributed by atoms with E-state index >= 15 is 0 Å². The number of carbonyl (C=O) groups is 1. The number of alkyl halides is 3. The number of amides is 2. The summed E-state index contributed by atoms with van der Waals surface area (Å²) in [5, 5.41) is 2.90. The van der Waals surface area contributed by atoms with Gasteiger partial charge in [-0.1, -0.05) is 12.1 Å². The molecule has 9 heteroatoms. The Bertz CT molecular complexity index is 678. The van der Waals surface area contributed by atoms with Gasteiger partial charge < -0.3 is 19.9 Å². The smallest absolute Gasteiger partial charge is 0.401 e. The Hall–Kier alpha value is -2.16. The van der Waals surface area contributed by atoms with Gasteiger partial charge in [0, 0.05) is 39.3 Å². The Balaban J connectivity index is 1.42. The fourth-order valence-corrected chi connectivity index (χ4v) is 3.97. The first kappa shape index (κ1) is 21.5. The Labute approximate surface area is 169 Å². The van der Waals surface area contributed by atoms with E-state index in [1.807, 2.05) is 31.2 Å². The molecule has 29 heavy (non-hydrogen) atoms. The Kier molecular flexibility index (Phi) is 7.10. The molecule has 6 nitrogen and oxygen atoms in total. The van der Waals surface area contributed by atoms with Crippen molar-refractivity contribution in [3.8, 4) is 5.75 Å². The largest absolute Gasteiger partial charge is 0.492 e. The van der Waals surface area contributed by atoms with Crippen molar-refractivity contribution in [1.82, 2.24) is 15.1 Å². The number of hydrogen-bond donors (Lipinski definition) is 1. The van der Waals surface area contributed by atoms with Crippen LogP contribution >= 0.6 is 0 Å². The second kappa shape index (κ2) is 9.56. The topological polar surface area (TPSA) is 48.1 Å². The number of benzene rings is 1. The van der Waals surface area contributed by atoms with Crippen LogP contribution in [0, 0.1) is 5.92 Å². The van der Waals surface area contributed by atoms with Gasteiger partial charge in [0.1, 0.15) is 5.75 Å². The zero-order valence-corrected chi connectivity index (χ0v) is 16.7. The molecule has 0 bridgehead atoms. The van der Waals surface area contributed by atoms with Crippen LogP contribution in [0.2, 0.25) is 0 Å². The van der Waals surface area contributed by atoms with Gasteiger partial charge in [0.25, 0.3) is 0 Å². The minimum absolute atomic E-state index is 0.0701. The van der Waals surface area contributed by atoms with Crippen molar-refractivity contribution in [2.45, 2.75) is 19.5 Å². The quantitative estimate of drug-likeness (QED) is 0.778. The number of urea groups is 1. The maximum absolute atomic E-state index is 12.5. The molecule has 0 aromatic heterocycles. The third-order valence-corrected chi connectivity index (χ3v) is 5.39. The number of rotatable bonds is 6. The van der Waals surface area contributed by atoms with Gasteiger partial charge in [0.2, 0.25) is 0 Å². The van der Waals surface area contributed by atoms with E-state index in [-0.39, 0.29) is 11.9 Å². The van der Waals surface area contributed by atoms with E-state index in [1.54, 1.807) is 4.90 Å². The molecule has 1 aromatic rings. The maximum Gasteiger partial charge on any atom is 0.401 e. The lowest BCUT2D eigenvalue weighted by atomic mass is 10.1. The van der Waals surface area contributed by atoms with E-state index < -0.39 is 12.7 Å². The first-order valence-corrected chi connectivity index (χ1v) is 10.1. The summed E-state index contributed by atoms with van der Waals surface area (Å²) < 4.78 is 43.1. The number of nitrogens with zero attached hydrogens (tertiary/aromatic N) is 3. The molecule has 2 aliphatic heterocycles. The summed E-state index contributed by atoms with van der Waals surface area (Å²) in [5.74, 6) is 0.915. The van der Waals surface area contributed by atoms with Gasteiger partial charge in [-0.25, -0.2) is 4.79 Å². The highest BCUT2D eigenvalue weighted by atomic mass is 19.4. The molecule has 2 heterocycles. The molecule has 2 fully saturated rings. The summed E-state index contributed by atoms with van der Waals surface area (Å²) in [6.07, 6.45) is -3.49. The van der Waals surface area contributed by atoms with Gasteiger partial charge in [0.15, 0.2) is 0 Å². The Morgan fingerprint density at radius 1 is 1.17 bits per heavy atom. The monoisotopic (exact) mass is 414 g/mol. The number of nitrogens with one attached hydrogen (secondary N) is 1. The molecule has 1 N–H and O–H groups in total. The molecule has 2 saturated heterocycles. The van der Waals surface area contributed by atoms with Crippen molar-refractivity contribution in [3.63, 3.8) is 0 Å². The molecule has 0 radical (unpaired) electrons. The summed E-state index contributed by atoms with van der Waals surface area (Å²) in [7, 11) is 0. The highest BCUT2D eigenvalue weighted by molar-refractivity contribution is 5.74. The number of anilines is 1. The average molecular weight is 414 g/mol. The van der Waals surface area contributed by atoms with Crippen LogP contribution in [0.4, 0.5) is 23.7 Å². The maximum atomic E-state index is 12.5. The standard InChI is InChI=1S/C20H29F3N4O2/c1-2-29-18-6-4-3-5-17(18)26-9-11-27(12-10-26)19(28)24-13-16-7-8-25(14-16)15-20(21,22)23/h3-6,16H,2,7-15H2,1H3,(H,24,28). The lowest BCUT2D eigenvalue weighted by Crippen LogP contribution is -2.52. The van der Waals surface area contributed by atoms with Gasteiger partial charge in [-0.05, 0) is 37.9 Å². The highest BCUT2D eigenvalue weighted by Crippen LogP contribution is 2.29. The van der Waals surface area contributed by atoms with E-state index in [2.05, 4.69) is 10.2 Å². The molecule has 1 aromatic carbocycles. The van der Waals surface area contributed by atoms with E-state index in [4.69, 9.17) is 4.74 Å². The lowest BCUT2D eigenvalue weighted by molar-refractivity contribution is -0.143. The minimum Gasteiger partial charge on any atom is -0.492 e. The predicted molar refractivity (Wildman–Crippen MR) is 105 cm³/mol.